The SMILES string of the molecule is CC(C)(C)OC(=O)N[C@H]1CCc2cc(C=O)nn2C1. The van der Waals surface area contributed by atoms with Crippen LogP contribution < -0.4 is 5.32 Å². The smallest absolute Gasteiger partial charge is 0.407 e. The van der Waals surface area contributed by atoms with E-state index in [1.165, 1.54) is 0 Å². The molecule has 1 atom stereocenters. The lowest BCUT2D eigenvalue weighted by Crippen LogP contribution is -2.43. The minimum absolute atomic E-state index is 0.0123. The van der Waals surface area contributed by atoms with Gasteiger partial charge in [0.1, 0.15) is 11.3 Å². The maximum Gasteiger partial charge on any atom is 0.407 e. The molecule has 6 heteroatoms. The highest BCUT2D eigenvalue weighted by Gasteiger charge is 2.24. The van der Waals surface area contributed by atoms with Crippen molar-refractivity contribution in [3.05, 3.63) is 17.5 Å². The van der Waals surface area contributed by atoms with Gasteiger partial charge in [0.2, 0.25) is 0 Å². The molecule has 1 aliphatic rings. The van der Waals surface area contributed by atoms with Crippen molar-refractivity contribution >= 4 is 12.4 Å². The highest BCUT2D eigenvalue weighted by molar-refractivity contribution is 5.71. The van der Waals surface area contributed by atoms with Gasteiger partial charge in [-0.15, -0.1) is 0 Å². The second-order valence-corrected chi connectivity index (χ2v) is 5.74. The Morgan fingerprint density at radius 3 is 2.95 bits per heavy atom. The number of nitrogens with one attached hydrogen (secondary N) is 1. The summed E-state index contributed by atoms with van der Waals surface area (Å²) in [5, 5.41) is 6.99. The number of fused-ring (bicyclic) bond motifs is 1. The van der Waals surface area contributed by atoms with E-state index in [2.05, 4.69) is 10.4 Å². The Balaban J connectivity index is 1.94. The Morgan fingerprint density at radius 1 is 1.58 bits per heavy atom. The molecule has 0 saturated heterocycles. The predicted molar refractivity (Wildman–Crippen MR) is 69.1 cm³/mol. The van der Waals surface area contributed by atoms with Crippen LogP contribution in [0.25, 0.3) is 0 Å². The molecule has 104 valence electrons. The standard InChI is InChI=1S/C13H19N3O3/c1-13(2,3)19-12(18)14-9-4-5-11-6-10(8-17)15-16(11)7-9/h6,8-9H,4-5,7H2,1-3H3,(H,14,18)/t9-/m0/s1. The molecule has 0 unspecified atom stereocenters. The molecule has 1 aliphatic heterocycles. The Bertz CT molecular complexity index is 488. The molecular weight excluding hydrogens is 246 g/mol. The second kappa shape index (κ2) is 5.03. The molecule has 19 heavy (non-hydrogen) atoms. The number of alkyl carbamates (subject to hydrolysis) is 1. The highest BCUT2D eigenvalue weighted by Crippen LogP contribution is 2.16. The zero-order chi connectivity index (χ0) is 14.0. The predicted octanol–water partition coefficient (Wildman–Crippen LogP) is 1.54. The second-order valence-electron chi connectivity index (χ2n) is 5.74. The summed E-state index contributed by atoms with van der Waals surface area (Å²) in [7, 11) is 0. The molecule has 1 amide bonds. The average Bonchev–Trinajstić information content (AvgIpc) is 2.68. The fraction of sp³-hybridized carbons (Fsp3) is 0.615. The van der Waals surface area contributed by atoms with Crippen LogP contribution >= 0.6 is 0 Å². The van der Waals surface area contributed by atoms with E-state index in [9.17, 15) is 9.59 Å². The number of carbonyl (C=O) groups is 2. The van der Waals surface area contributed by atoms with Gasteiger partial charge in [-0.3, -0.25) is 9.48 Å². The molecule has 6 nitrogen and oxygen atoms in total. The lowest BCUT2D eigenvalue weighted by Gasteiger charge is -2.26. The Hall–Kier alpha value is -1.85. The Kier molecular flexibility index (Phi) is 3.59. The average molecular weight is 265 g/mol. The van der Waals surface area contributed by atoms with E-state index in [-0.39, 0.29) is 6.04 Å². The molecular formula is C13H19N3O3. The lowest BCUT2D eigenvalue weighted by molar-refractivity contribution is 0.0491. The quantitative estimate of drug-likeness (QED) is 0.823. The topological polar surface area (TPSA) is 73.2 Å². The van der Waals surface area contributed by atoms with E-state index in [0.717, 1.165) is 24.8 Å². The number of nitrogens with zero attached hydrogens (tertiary/aromatic N) is 2. The summed E-state index contributed by atoms with van der Waals surface area (Å²) in [6, 6.07) is 1.78. The van der Waals surface area contributed by atoms with Gasteiger partial charge in [-0.25, -0.2) is 4.79 Å². The first-order valence-electron chi connectivity index (χ1n) is 6.39. The van der Waals surface area contributed by atoms with Crippen LogP contribution in [0, 0.1) is 0 Å². The van der Waals surface area contributed by atoms with Crippen molar-refractivity contribution in [3.63, 3.8) is 0 Å². The van der Waals surface area contributed by atoms with E-state index in [0.29, 0.717) is 12.2 Å². The van der Waals surface area contributed by atoms with Crippen LogP contribution in [0.5, 0.6) is 0 Å². The van der Waals surface area contributed by atoms with Gasteiger partial charge in [0.15, 0.2) is 6.29 Å². The minimum Gasteiger partial charge on any atom is -0.444 e. The number of aldehydes is 1. The third kappa shape index (κ3) is 3.56. The third-order valence-electron chi connectivity index (χ3n) is 2.87. The van der Waals surface area contributed by atoms with Crippen LogP contribution in [-0.4, -0.2) is 33.8 Å². The summed E-state index contributed by atoms with van der Waals surface area (Å²) in [5.74, 6) is 0. The van der Waals surface area contributed by atoms with Gasteiger partial charge in [-0.05, 0) is 39.7 Å². The summed E-state index contributed by atoms with van der Waals surface area (Å²) in [6.07, 6.45) is 1.94. The molecule has 0 spiro atoms. The van der Waals surface area contributed by atoms with Gasteiger partial charge in [0.05, 0.1) is 12.6 Å². The van der Waals surface area contributed by atoms with Gasteiger partial charge < -0.3 is 10.1 Å². The zero-order valence-corrected chi connectivity index (χ0v) is 11.5. The van der Waals surface area contributed by atoms with Crippen molar-refractivity contribution in [3.8, 4) is 0 Å². The monoisotopic (exact) mass is 265 g/mol. The Labute approximate surface area is 112 Å². The first-order valence-corrected chi connectivity index (χ1v) is 6.39. The fourth-order valence-electron chi connectivity index (χ4n) is 2.11. The van der Waals surface area contributed by atoms with Gasteiger partial charge in [0, 0.05) is 5.69 Å². The largest absolute Gasteiger partial charge is 0.444 e. The summed E-state index contributed by atoms with van der Waals surface area (Å²) >= 11 is 0. The molecule has 1 N–H and O–H groups in total. The van der Waals surface area contributed by atoms with E-state index in [4.69, 9.17) is 4.74 Å². The first kappa shape index (κ1) is 13.6. The lowest BCUT2D eigenvalue weighted by atomic mass is 10.1. The van der Waals surface area contributed by atoms with E-state index >= 15 is 0 Å². The summed E-state index contributed by atoms with van der Waals surface area (Å²) in [6.45, 7) is 6.06. The van der Waals surface area contributed by atoms with Gasteiger partial charge >= 0.3 is 6.09 Å². The van der Waals surface area contributed by atoms with Crippen molar-refractivity contribution in [1.29, 1.82) is 0 Å². The van der Waals surface area contributed by atoms with Crippen LogP contribution in [0.15, 0.2) is 6.07 Å². The van der Waals surface area contributed by atoms with E-state index < -0.39 is 11.7 Å². The minimum atomic E-state index is -0.500. The maximum atomic E-state index is 11.7. The van der Waals surface area contributed by atoms with Gasteiger partial charge in [0.25, 0.3) is 0 Å². The molecule has 1 aromatic heterocycles. The van der Waals surface area contributed by atoms with Crippen molar-refractivity contribution in [2.24, 2.45) is 0 Å². The number of ether oxygens (including phenoxy) is 1. The van der Waals surface area contributed by atoms with Gasteiger partial charge in [-0.1, -0.05) is 0 Å². The normalized spacial score (nSPS) is 18.6. The van der Waals surface area contributed by atoms with Crippen LogP contribution in [0.1, 0.15) is 43.4 Å². The first-order chi connectivity index (χ1) is 8.87. The molecule has 0 saturated carbocycles. The molecule has 1 aromatic rings. The van der Waals surface area contributed by atoms with Crippen LogP contribution in [-0.2, 0) is 17.7 Å². The summed E-state index contributed by atoms with van der Waals surface area (Å²) < 4.78 is 6.99. The Morgan fingerprint density at radius 2 is 2.32 bits per heavy atom. The van der Waals surface area contributed by atoms with Crippen LogP contribution in [0.4, 0.5) is 4.79 Å². The number of carbonyl (C=O) groups excluding carboxylic acids is 2. The molecule has 0 bridgehead atoms. The molecule has 2 heterocycles. The van der Waals surface area contributed by atoms with Gasteiger partial charge in [-0.2, -0.15) is 5.10 Å². The summed E-state index contributed by atoms with van der Waals surface area (Å²) in [4.78, 5) is 22.4. The summed E-state index contributed by atoms with van der Waals surface area (Å²) in [5.41, 5.74) is 0.970. The zero-order valence-electron chi connectivity index (χ0n) is 11.5. The third-order valence-corrected chi connectivity index (χ3v) is 2.87. The van der Waals surface area contributed by atoms with Crippen molar-refractivity contribution < 1.29 is 14.3 Å². The highest BCUT2D eigenvalue weighted by atomic mass is 16.6. The number of rotatable bonds is 2. The molecule has 2 rings (SSSR count). The number of aromatic nitrogens is 2. The van der Waals surface area contributed by atoms with Crippen molar-refractivity contribution in [2.45, 2.75) is 51.8 Å². The molecule has 0 fully saturated rings. The number of amides is 1. The van der Waals surface area contributed by atoms with Crippen LogP contribution in [0.3, 0.4) is 0 Å². The molecule has 0 aromatic carbocycles. The van der Waals surface area contributed by atoms with E-state index in [1.54, 1.807) is 10.7 Å². The van der Waals surface area contributed by atoms with E-state index in [1.807, 2.05) is 20.8 Å². The maximum absolute atomic E-state index is 11.7. The molecule has 0 aliphatic carbocycles. The van der Waals surface area contributed by atoms with Crippen molar-refractivity contribution in [1.82, 2.24) is 15.1 Å². The molecule has 0 radical (unpaired) electrons. The number of aryl methyl sites for hydroxylation is 1. The van der Waals surface area contributed by atoms with Crippen LogP contribution in [0.2, 0.25) is 0 Å². The number of hydrogen-bond acceptors (Lipinski definition) is 4. The van der Waals surface area contributed by atoms with Crippen molar-refractivity contribution in [2.75, 3.05) is 0 Å². The number of hydrogen-bond donors (Lipinski definition) is 1. The fourth-order valence-corrected chi connectivity index (χ4v) is 2.11.